The molecule has 1 aromatic carbocycles. The molecule has 4 nitrogen and oxygen atoms in total. The van der Waals surface area contributed by atoms with Crippen molar-refractivity contribution >= 4 is 11.8 Å². The number of hydrogen-bond donors (Lipinski definition) is 2. The molecule has 0 unspecified atom stereocenters. The van der Waals surface area contributed by atoms with Gasteiger partial charge in [-0.3, -0.25) is 7.05 Å². The van der Waals surface area contributed by atoms with Crippen LogP contribution < -0.4 is 10.6 Å². The van der Waals surface area contributed by atoms with Gasteiger partial charge in [-0.1, -0.05) is 12.1 Å². The Morgan fingerprint density at radius 3 is 2.47 bits per heavy atom. The van der Waals surface area contributed by atoms with E-state index in [-0.39, 0.29) is 33.9 Å². The van der Waals surface area contributed by atoms with Gasteiger partial charge in [0.15, 0.2) is 0 Å². The van der Waals surface area contributed by atoms with E-state index in [0.717, 1.165) is 11.3 Å². The van der Waals surface area contributed by atoms with Gasteiger partial charge < -0.3 is 15.4 Å². The van der Waals surface area contributed by atoms with Crippen LogP contribution in [0.25, 0.3) is 0 Å². The summed E-state index contributed by atoms with van der Waals surface area (Å²) in [6.07, 6.45) is -0.525. The van der Waals surface area contributed by atoms with Crippen molar-refractivity contribution in [3.8, 4) is 0 Å². The Bertz CT molecular complexity index is 301. The van der Waals surface area contributed by atoms with Crippen LogP contribution in [-0.2, 0) is 38.6 Å². The summed E-state index contributed by atoms with van der Waals surface area (Å²) in [5.41, 5.74) is 1.96. The number of rotatable bonds is 3. The summed E-state index contributed by atoms with van der Waals surface area (Å²) in [7, 11) is 5.04. The summed E-state index contributed by atoms with van der Waals surface area (Å²) >= 11 is 0. The van der Waals surface area contributed by atoms with Crippen LogP contribution in [0, 0.1) is 7.05 Å². The number of carbonyl (C=O) groups excluding carboxylic acids is 1. The SMILES string of the molecule is [CH2-]NC(=O)OCc1ccc(NC)cc1.[Cd]. The predicted molar refractivity (Wildman–Crippen MR) is 54.7 cm³/mol. The molecular formula is C10H13CdN2O2-. The maximum absolute atomic E-state index is 10.7. The van der Waals surface area contributed by atoms with Gasteiger partial charge in [-0.15, -0.1) is 0 Å². The number of nitrogens with one attached hydrogen (secondary N) is 2. The topological polar surface area (TPSA) is 50.4 Å². The van der Waals surface area contributed by atoms with Gasteiger partial charge in [0.2, 0.25) is 0 Å². The molecule has 5 heteroatoms. The third-order valence-electron chi connectivity index (χ3n) is 1.76. The number of ether oxygens (including phenoxy) is 1. The number of amides is 1. The van der Waals surface area contributed by atoms with E-state index in [1.54, 1.807) is 0 Å². The molecule has 0 radical (unpaired) electrons. The molecule has 0 saturated carbocycles. The smallest absolute Gasteiger partial charge is 0.377 e. The van der Waals surface area contributed by atoms with Crippen molar-refractivity contribution in [1.29, 1.82) is 0 Å². The molecule has 0 heterocycles. The summed E-state index contributed by atoms with van der Waals surface area (Å²) in [5.74, 6) is 0. The van der Waals surface area contributed by atoms with Crippen molar-refractivity contribution in [2.75, 3.05) is 12.4 Å². The van der Waals surface area contributed by atoms with Crippen molar-refractivity contribution in [2.24, 2.45) is 0 Å². The molecule has 0 aromatic heterocycles. The minimum Gasteiger partial charge on any atom is -0.473 e. The van der Waals surface area contributed by atoms with Crippen LogP contribution in [0.4, 0.5) is 10.5 Å². The third-order valence-corrected chi connectivity index (χ3v) is 1.76. The number of hydrogen-bond acceptors (Lipinski definition) is 3. The zero-order chi connectivity index (χ0) is 10.4. The van der Waals surface area contributed by atoms with Crippen molar-refractivity contribution in [3.63, 3.8) is 0 Å². The fourth-order valence-corrected chi connectivity index (χ4v) is 0.968. The van der Waals surface area contributed by atoms with E-state index in [4.69, 9.17) is 4.74 Å². The Morgan fingerprint density at radius 2 is 2.00 bits per heavy atom. The molecule has 0 saturated heterocycles. The van der Waals surface area contributed by atoms with E-state index in [1.165, 1.54) is 0 Å². The Morgan fingerprint density at radius 1 is 1.40 bits per heavy atom. The Hall–Kier alpha value is -0.788. The molecule has 1 amide bonds. The molecule has 78 valence electrons. The molecule has 0 spiro atoms. The van der Waals surface area contributed by atoms with Gasteiger partial charge in [0.05, 0.1) is 0 Å². The van der Waals surface area contributed by atoms with E-state index in [1.807, 2.05) is 31.3 Å². The molecule has 0 atom stereocenters. The molecule has 1 rings (SSSR count). The fraction of sp³-hybridized carbons (Fsp3) is 0.200. The first-order valence-electron chi connectivity index (χ1n) is 4.23. The van der Waals surface area contributed by atoms with E-state index < -0.39 is 6.09 Å². The van der Waals surface area contributed by atoms with Gasteiger partial charge in [-0.2, -0.15) is 0 Å². The van der Waals surface area contributed by atoms with Crippen molar-refractivity contribution in [1.82, 2.24) is 5.32 Å². The van der Waals surface area contributed by atoms with Gasteiger partial charge in [0, 0.05) is 40.0 Å². The predicted octanol–water partition coefficient (Wildman–Crippen LogP) is 1.74. The van der Waals surface area contributed by atoms with Gasteiger partial charge in [0.1, 0.15) is 6.61 Å². The van der Waals surface area contributed by atoms with Crippen molar-refractivity contribution in [2.45, 2.75) is 6.61 Å². The molecule has 0 bridgehead atoms. The fourth-order valence-electron chi connectivity index (χ4n) is 0.968. The second-order valence-corrected chi connectivity index (χ2v) is 2.70. The number of anilines is 1. The summed E-state index contributed by atoms with van der Waals surface area (Å²) in [6.45, 7) is 0.255. The monoisotopic (exact) mass is 307 g/mol. The Labute approximate surface area is 110 Å². The van der Waals surface area contributed by atoms with Crippen LogP contribution in [0.2, 0.25) is 0 Å². The minimum absolute atomic E-state index is 0. The Kier molecular flexibility index (Phi) is 7.10. The van der Waals surface area contributed by atoms with E-state index in [2.05, 4.69) is 17.7 Å². The molecule has 0 aliphatic heterocycles. The first kappa shape index (κ1) is 14.2. The Balaban J connectivity index is 0.00000196. The molecule has 0 fully saturated rings. The zero-order valence-electron chi connectivity index (χ0n) is 8.75. The second kappa shape index (κ2) is 7.50. The largest absolute Gasteiger partial charge is 0.473 e. The van der Waals surface area contributed by atoms with Crippen LogP contribution in [-0.4, -0.2) is 13.1 Å². The number of carbonyl (C=O) groups is 1. The maximum Gasteiger partial charge on any atom is 0.377 e. The van der Waals surface area contributed by atoms with E-state index in [0.29, 0.717) is 0 Å². The molecule has 0 aliphatic carbocycles. The second-order valence-electron chi connectivity index (χ2n) is 2.70. The van der Waals surface area contributed by atoms with E-state index >= 15 is 0 Å². The first-order chi connectivity index (χ1) is 6.76. The standard InChI is InChI=1S/C10H13N2O2.Cd/c1-11-9-5-3-8(4-6-9)7-14-10(13)12-2;/h3-6,11H,2,7H2,1H3,(H,12,13);/q-1;. The van der Waals surface area contributed by atoms with E-state index in [9.17, 15) is 4.79 Å². The summed E-state index contributed by atoms with van der Waals surface area (Å²) in [5, 5.41) is 5.13. The van der Waals surface area contributed by atoms with Crippen LogP contribution in [0.5, 0.6) is 0 Å². The minimum atomic E-state index is -0.525. The van der Waals surface area contributed by atoms with Gasteiger partial charge in [-0.25, -0.2) is 4.79 Å². The third kappa shape index (κ3) is 5.01. The molecular weight excluding hydrogens is 293 g/mol. The average Bonchev–Trinajstić information content (AvgIpc) is 2.26. The summed E-state index contributed by atoms with van der Waals surface area (Å²) in [4.78, 5) is 10.7. The van der Waals surface area contributed by atoms with Crippen LogP contribution in [0.3, 0.4) is 0 Å². The number of benzene rings is 1. The molecule has 15 heavy (non-hydrogen) atoms. The summed E-state index contributed by atoms with van der Waals surface area (Å²) < 4.78 is 4.82. The summed E-state index contributed by atoms with van der Waals surface area (Å²) in [6, 6.07) is 7.62. The van der Waals surface area contributed by atoms with Crippen molar-refractivity contribution < 1.29 is 36.8 Å². The number of alkyl carbamates (subject to hydrolysis) is 1. The van der Waals surface area contributed by atoms with Gasteiger partial charge in [-0.05, 0) is 17.7 Å². The quantitative estimate of drug-likeness (QED) is 0.661. The first-order valence-corrected chi connectivity index (χ1v) is 4.23. The van der Waals surface area contributed by atoms with Crippen LogP contribution in [0.15, 0.2) is 24.3 Å². The van der Waals surface area contributed by atoms with Gasteiger partial charge >= 0.3 is 6.09 Å². The van der Waals surface area contributed by atoms with Crippen LogP contribution >= 0.6 is 0 Å². The van der Waals surface area contributed by atoms with Gasteiger partial charge in [0.25, 0.3) is 0 Å². The molecule has 1 aromatic rings. The van der Waals surface area contributed by atoms with Crippen molar-refractivity contribution in [3.05, 3.63) is 36.9 Å². The average molecular weight is 306 g/mol. The zero-order valence-corrected chi connectivity index (χ0v) is 12.8. The van der Waals surface area contributed by atoms with Crippen LogP contribution in [0.1, 0.15) is 5.56 Å². The molecule has 0 aliphatic rings. The normalized spacial score (nSPS) is 8.67. The molecule has 2 N–H and O–H groups in total. The maximum atomic E-state index is 10.7.